The normalized spacial score (nSPS) is 17.6. The molecular weight excluding hydrogens is 271 g/mol. The lowest BCUT2D eigenvalue weighted by Crippen LogP contribution is -2.33. The van der Waals surface area contributed by atoms with Gasteiger partial charge in [-0.25, -0.2) is 0 Å². The number of ether oxygens (including phenoxy) is 2. The lowest BCUT2D eigenvalue weighted by atomic mass is 10.1. The summed E-state index contributed by atoms with van der Waals surface area (Å²) < 4.78 is 47.8. The summed E-state index contributed by atoms with van der Waals surface area (Å²) in [6.07, 6.45) is -5.00. The maximum Gasteiger partial charge on any atom is 0.390 e. The average molecular weight is 289 g/mol. The van der Waals surface area contributed by atoms with E-state index >= 15 is 0 Å². The van der Waals surface area contributed by atoms with Crippen molar-refractivity contribution in [2.45, 2.75) is 38.5 Å². The third kappa shape index (κ3) is 4.03. The number of hydrogen-bond acceptors (Lipinski definition) is 3. The molecule has 20 heavy (non-hydrogen) atoms. The van der Waals surface area contributed by atoms with Crippen LogP contribution in [0.5, 0.6) is 11.5 Å². The minimum atomic E-state index is -4.15. The van der Waals surface area contributed by atoms with Crippen LogP contribution in [-0.4, -0.2) is 25.4 Å². The van der Waals surface area contributed by atoms with Crippen molar-refractivity contribution >= 4 is 0 Å². The van der Waals surface area contributed by atoms with Crippen molar-refractivity contribution in [1.29, 1.82) is 0 Å². The summed E-state index contributed by atoms with van der Waals surface area (Å²) in [7, 11) is 0. The van der Waals surface area contributed by atoms with Crippen molar-refractivity contribution in [3.8, 4) is 11.5 Å². The fraction of sp³-hybridized carbons (Fsp3) is 0.571. The van der Waals surface area contributed by atoms with E-state index in [0.717, 1.165) is 5.56 Å². The molecule has 0 aliphatic carbocycles. The molecule has 0 fully saturated rings. The van der Waals surface area contributed by atoms with Crippen LogP contribution in [0.1, 0.15) is 31.9 Å². The maximum absolute atomic E-state index is 12.3. The first-order valence-corrected chi connectivity index (χ1v) is 6.57. The number of nitrogens with one attached hydrogen (secondary N) is 1. The quantitative estimate of drug-likeness (QED) is 0.921. The lowest BCUT2D eigenvalue weighted by Gasteiger charge is -2.23. The third-order valence-corrected chi connectivity index (χ3v) is 3.14. The van der Waals surface area contributed by atoms with Crippen molar-refractivity contribution in [2.75, 3.05) is 13.2 Å². The van der Waals surface area contributed by atoms with Gasteiger partial charge in [-0.3, -0.25) is 0 Å². The molecule has 3 nitrogen and oxygen atoms in total. The molecule has 0 aromatic heterocycles. The highest BCUT2D eigenvalue weighted by molar-refractivity contribution is 5.44. The molecular formula is C14H18F3NO2. The molecule has 112 valence electrons. The molecule has 0 bridgehead atoms. The van der Waals surface area contributed by atoms with E-state index in [9.17, 15) is 13.2 Å². The number of halogens is 3. The van der Waals surface area contributed by atoms with E-state index in [2.05, 4.69) is 5.32 Å². The molecule has 0 radical (unpaired) electrons. The van der Waals surface area contributed by atoms with Crippen molar-refractivity contribution in [2.24, 2.45) is 0 Å². The van der Waals surface area contributed by atoms with Crippen molar-refractivity contribution < 1.29 is 22.6 Å². The van der Waals surface area contributed by atoms with Crippen molar-refractivity contribution in [1.82, 2.24) is 5.32 Å². The van der Waals surface area contributed by atoms with Crippen LogP contribution in [0.25, 0.3) is 0 Å². The minimum absolute atomic E-state index is 0.192. The van der Waals surface area contributed by atoms with Gasteiger partial charge in [-0.2, -0.15) is 13.2 Å². The van der Waals surface area contributed by atoms with E-state index in [1.807, 2.05) is 19.1 Å². The standard InChI is InChI=1S/C14H18F3NO2/c1-9(8-14(15,16)17)18-10(2)11-3-4-12-13(7-11)20-6-5-19-12/h3-4,7,9-10,18H,5-6,8H2,1-2H3. The third-order valence-electron chi connectivity index (χ3n) is 3.14. The van der Waals surface area contributed by atoms with E-state index in [-0.39, 0.29) is 6.04 Å². The molecule has 2 atom stereocenters. The minimum Gasteiger partial charge on any atom is -0.486 e. The van der Waals surface area contributed by atoms with Crippen LogP contribution in [0.15, 0.2) is 18.2 Å². The number of rotatable bonds is 4. The molecule has 0 saturated carbocycles. The van der Waals surface area contributed by atoms with Crippen LogP contribution >= 0.6 is 0 Å². The predicted octanol–water partition coefficient (Wildman–Crippen LogP) is 3.45. The van der Waals surface area contributed by atoms with Gasteiger partial charge >= 0.3 is 6.18 Å². The zero-order valence-electron chi connectivity index (χ0n) is 11.5. The zero-order chi connectivity index (χ0) is 14.8. The highest BCUT2D eigenvalue weighted by atomic mass is 19.4. The fourth-order valence-corrected chi connectivity index (χ4v) is 2.26. The monoisotopic (exact) mass is 289 g/mol. The molecule has 2 rings (SSSR count). The molecule has 6 heteroatoms. The van der Waals surface area contributed by atoms with Crippen molar-refractivity contribution in [3.05, 3.63) is 23.8 Å². The summed E-state index contributed by atoms with van der Waals surface area (Å²) in [6.45, 7) is 4.37. The molecule has 1 N–H and O–H groups in total. The Morgan fingerprint density at radius 2 is 1.80 bits per heavy atom. The van der Waals surface area contributed by atoms with Crippen LogP contribution in [0, 0.1) is 0 Å². The van der Waals surface area contributed by atoms with Crippen LogP contribution in [0.2, 0.25) is 0 Å². The number of benzene rings is 1. The van der Waals surface area contributed by atoms with E-state index in [4.69, 9.17) is 9.47 Å². The Morgan fingerprint density at radius 3 is 2.45 bits per heavy atom. The summed E-state index contributed by atoms with van der Waals surface area (Å²) in [5, 5.41) is 2.94. The first-order chi connectivity index (χ1) is 9.35. The van der Waals surface area contributed by atoms with Gasteiger partial charge in [0.1, 0.15) is 13.2 Å². The van der Waals surface area contributed by atoms with Gasteiger partial charge in [-0.15, -0.1) is 0 Å². The summed E-state index contributed by atoms with van der Waals surface area (Å²) in [5.41, 5.74) is 0.878. The first-order valence-electron chi connectivity index (χ1n) is 6.57. The molecule has 1 aromatic carbocycles. The Hall–Kier alpha value is -1.43. The molecule has 0 amide bonds. The number of alkyl halides is 3. The molecule has 1 aliphatic heterocycles. The molecule has 1 aliphatic rings. The Kier molecular flexibility index (Phi) is 4.42. The van der Waals surface area contributed by atoms with Gasteiger partial charge in [-0.05, 0) is 31.5 Å². The van der Waals surface area contributed by atoms with Gasteiger partial charge in [0, 0.05) is 12.1 Å². The molecule has 0 spiro atoms. The van der Waals surface area contributed by atoms with Crippen LogP contribution in [0.4, 0.5) is 13.2 Å². The summed E-state index contributed by atoms with van der Waals surface area (Å²) in [5.74, 6) is 1.32. The van der Waals surface area contributed by atoms with E-state index in [1.165, 1.54) is 6.92 Å². The van der Waals surface area contributed by atoms with Crippen LogP contribution < -0.4 is 14.8 Å². The summed E-state index contributed by atoms with van der Waals surface area (Å²) >= 11 is 0. The predicted molar refractivity (Wildman–Crippen MR) is 69.1 cm³/mol. The van der Waals surface area contributed by atoms with Gasteiger partial charge in [-0.1, -0.05) is 6.07 Å². The second-order valence-electron chi connectivity index (χ2n) is 5.01. The van der Waals surface area contributed by atoms with Gasteiger partial charge in [0.2, 0.25) is 0 Å². The maximum atomic E-state index is 12.3. The highest BCUT2D eigenvalue weighted by Crippen LogP contribution is 2.33. The Labute approximate surface area is 116 Å². The zero-order valence-corrected chi connectivity index (χ0v) is 11.5. The van der Waals surface area contributed by atoms with Crippen molar-refractivity contribution in [3.63, 3.8) is 0 Å². The first kappa shape index (κ1) is 15.0. The number of hydrogen-bond donors (Lipinski definition) is 1. The largest absolute Gasteiger partial charge is 0.486 e. The van der Waals surface area contributed by atoms with E-state index < -0.39 is 18.6 Å². The highest BCUT2D eigenvalue weighted by Gasteiger charge is 2.30. The Bertz CT molecular complexity index is 462. The summed E-state index contributed by atoms with van der Waals surface area (Å²) in [4.78, 5) is 0. The second-order valence-corrected chi connectivity index (χ2v) is 5.01. The molecule has 1 aromatic rings. The molecule has 0 saturated heterocycles. The van der Waals surface area contributed by atoms with E-state index in [0.29, 0.717) is 24.7 Å². The second kappa shape index (κ2) is 5.91. The Balaban J connectivity index is 2.00. The van der Waals surface area contributed by atoms with E-state index in [1.54, 1.807) is 6.07 Å². The van der Waals surface area contributed by atoms with Crippen LogP contribution in [0.3, 0.4) is 0 Å². The topological polar surface area (TPSA) is 30.5 Å². The van der Waals surface area contributed by atoms with Crippen LogP contribution in [-0.2, 0) is 0 Å². The smallest absolute Gasteiger partial charge is 0.390 e. The van der Waals surface area contributed by atoms with Gasteiger partial charge in [0.25, 0.3) is 0 Å². The van der Waals surface area contributed by atoms with Gasteiger partial charge < -0.3 is 14.8 Å². The molecule has 2 unspecified atom stereocenters. The Morgan fingerprint density at radius 1 is 1.15 bits per heavy atom. The fourth-order valence-electron chi connectivity index (χ4n) is 2.26. The summed E-state index contributed by atoms with van der Waals surface area (Å²) in [6, 6.07) is 4.61. The van der Waals surface area contributed by atoms with Gasteiger partial charge in [0.05, 0.1) is 6.42 Å². The number of fused-ring (bicyclic) bond motifs is 1. The SMILES string of the molecule is CC(CC(F)(F)F)NC(C)c1ccc2c(c1)OCCO2. The average Bonchev–Trinajstić information content (AvgIpc) is 2.35. The lowest BCUT2D eigenvalue weighted by molar-refractivity contribution is -0.139. The van der Waals surface area contributed by atoms with Gasteiger partial charge in [0.15, 0.2) is 11.5 Å². The molecule has 1 heterocycles.